The normalized spacial score (nSPS) is 35.9. The van der Waals surface area contributed by atoms with Crippen LogP contribution in [0, 0.1) is 0 Å². The molecule has 0 amide bonds. The van der Waals surface area contributed by atoms with Crippen LogP contribution in [0.2, 0.25) is 0 Å². The van der Waals surface area contributed by atoms with Crippen LogP contribution in [0.5, 0.6) is 0 Å². The zero-order valence-electron chi connectivity index (χ0n) is 8.47. The zero-order chi connectivity index (χ0) is 10.9. The van der Waals surface area contributed by atoms with Gasteiger partial charge in [0.15, 0.2) is 0 Å². The highest BCUT2D eigenvalue weighted by Gasteiger charge is 2.50. The minimum absolute atomic E-state index is 0.488. The van der Waals surface area contributed by atoms with E-state index >= 15 is 0 Å². The summed E-state index contributed by atoms with van der Waals surface area (Å²) in [5.74, 6) is 0. The van der Waals surface area contributed by atoms with Gasteiger partial charge < -0.3 is 15.3 Å². The van der Waals surface area contributed by atoms with Crippen LogP contribution < -0.4 is 0 Å². The molecule has 2 aliphatic rings. The molecule has 1 fully saturated rings. The Kier molecular flexibility index (Phi) is 2.34. The number of hydrogen-bond acceptors (Lipinski definition) is 6. The highest BCUT2D eigenvalue weighted by molar-refractivity contribution is 6.19. The summed E-state index contributed by atoms with van der Waals surface area (Å²) in [5.41, 5.74) is 0.856. The first-order valence-corrected chi connectivity index (χ1v) is 4.87. The molecule has 6 heteroatoms. The van der Waals surface area contributed by atoms with Crippen molar-refractivity contribution in [2.75, 3.05) is 0 Å². The summed E-state index contributed by atoms with van der Waals surface area (Å²) in [6.07, 6.45) is 2.56. The summed E-state index contributed by atoms with van der Waals surface area (Å²) >= 11 is 0. The van der Waals surface area contributed by atoms with Crippen LogP contribution in [0.3, 0.4) is 0 Å². The van der Waals surface area contributed by atoms with Gasteiger partial charge in [0.2, 0.25) is 5.60 Å². The van der Waals surface area contributed by atoms with E-state index in [4.69, 9.17) is 15.3 Å². The van der Waals surface area contributed by atoms with Crippen LogP contribution in [-0.2, 0) is 4.84 Å². The lowest BCUT2D eigenvalue weighted by atomic mass is 9.78. The Balaban J connectivity index is 2.39. The lowest BCUT2D eigenvalue weighted by molar-refractivity contribution is 0.0774. The first-order valence-electron chi connectivity index (χ1n) is 4.87. The molecule has 1 aliphatic heterocycles. The van der Waals surface area contributed by atoms with Gasteiger partial charge in [-0.2, -0.15) is 0 Å². The third-order valence-electron chi connectivity index (χ3n) is 2.86. The Morgan fingerprint density at radius 2 is 1.87 bits per heavy atom. The molecule has 0 bridgehead atoms. The molecule has 6 nitrogen and oxygen atoms in total. The lowest BCUT2D eigenvalue weighted by Gasteiger charge is -2.31. The quantitative estimate of drug-likeness (QED) is 0.468. The fourth-order valence-electron chi connectivity index (χ4n) is 2.15. The number of nitrogens with zero attached hydrogens (tertiary/aromatic N) is 3. The average molecular weight is 211 g/mol. The van der Waals surface area contributed by atoms with Gasteiger partial charge in [-0.05, 0) is 26.2 Å². The van der Waals surface area contributed by atoms with Gasteiger partial charge in [0.25, 0.3) is 0 Å². The summed E-state index contributed by atoms with van der Waals surface area (Å²) in [6.45, 7) is 1.83. The van der Waals surface area contributed by atoms with E-state index in [0.717, 1.165) is 12.1 Å². The van der Waals surface area contributed by atoms with E-state index in [-0.39, 0.29) is 0 Å². The second-order valence-electron chi connectivity index (χ2n) is 3.87. The summed E-state index contributed by atoms with van der Waals surface area (Å²) in [6, 6.07) is 0. The van der Waals surface area contributed by atoms with Gasteiger partial charge in [-0.15, -0.1) is 0 Å². The molecule has 82 valence electrons. The van der Waals surface area contributed by atoms with Crippen molar-refractivity contribution in [3.63, 3.8) is 0 Å². The third-order valence-corrected chi connectivity index (χ3v) is 2.86. The number of rotatable bonds is 0. The highest BCUT2D eigenvalue weighted by Crippen LogP contribution is 2.34. The van der Waals surface area contributed by atoms with Crippen LogP contribution in [0.4, 0.5) is 0 Å². The van der Waals surface area contributed by atoms with Gasteiger partial charge in [-0.25, -0.2) is 0 Å². The fourth-order valence-corrected chi connectivity index (χ4v) is 2.15. The molecule has 1 heterocycles. The predicted molar refractivity (Wildman–Crippen MR) is 53.8 cm³/mol. The summed E-state index contributed by atoms with van der Waals surface area (Å²) < 4.78 is 0. The second kappa shape index (κ2) is 3.52. The summed E-state index contributed by atoms with van der Waals surface area (Å²) in [5, 5.41) is 28.2. The Morgan fingerprint density at radius 3 is 2.27 bits per heavy atom. The largest absolute Gasteiger partial charge is 0.411 e. The molecule has 0 radical (unpaired) electrons. The van der Waals surface area contributed by atoms with Crippen LogP contribution in [-0.4, -0.2) is 33.2 Å². The van der Waals surface area contributed by atoms with Gasteiger partial charge in [0, 0.05) is 6.42 Å². The molecular formula is C9H13N3O3. The maximum Gasteiger partial charge on any atom is 0.225 e. The van der Waals surface area contributed by atoms with Crippen molar-refractivity contribution in [3.8, 4) is 0 Å². The molecule has 0 aromatic heterocycles. The Morgan fingerprint density at radius 1 is 1.27 bits per heavy atom. The standard InChI is InChI=1S/C9H13N3O3/c1-6-5-9(15-12-6)7(10-13)3-2-4-8(9)11-14/h13-14H,2-5H2,1H3/b10-7-,11-8-. The smallest absolute Gasteiger partial charge is 0.225 e. The molecule has 0 aromatic rings. The van der Waals surface area contributed by atoms with Crippen molar-refractivity contribution >= 4 is 17.1 Å². The van der Waals surface area contributed by atoms with Crippen LogP contribution in [0.1, 0.15) is 32.6 Å². The van der Waals surface area contributed by atoms with Crippen molar-refractivity contribution in [1.82, 2.24) is 0 Å². The topological polar surface area (TPSA) is 86.8 Å². The SMILES string of the molecule is CC1=NOC2(C1)/C(=N\O)CCC/C2=N/O. The fraction of sp³-hybridized carbons (Fsp3) is 0.667. The lowest BCUT2D eigenvalue weighted by Crippen LogP contribution is -2.49. The van der Waals surface area contributed by atoms with Gasteiger partial charge in [-0.3, -0.25) is 0 Å². The molecule has 2 rings (SSSR count). The number of hydrogen-bond donors (Lipinski definition) is 2. The van der Waals surface area contributed by atoms with E-state index < -0.39 is 5.60 Å². The Bertz CT molecular complexity index is 340. The molecule has 15 heavy (non-hydrogen) atoms. The van der Waals surface area contributed by atoms with E-state index in [1.807, 2.05) is 6.92 Å². The van der Waals surface area contributed by atoms with Crippen molar-refractivity contribution < 1.29 is 15.3 Å². The van der Waals surface area contributed by atoms with Crippen LogP contribution in [0.15, 0.2) is 15.5 Å². The van der Waals surface area contributed by atoms with E-state index in [9.17, 15) is 0 Å². The summed E-state index contributed by atoms with van der Waals surface area (Å²) in [7, 11) is 0. The maximum absolute atomic E-state index is 8.94. The molecule has 0 atom stereocenters. The first-order chi connectivity index (χ1) is 7.23. The predicted octanol–water partition coefficient (Wildman–Crippen LogP) is 1.37. The van der Waals surface area contributed by atoms with E-state index in [0.29, 0.717) is 30.7 Å². The molecular weight excluding hydrogens is 198 g/mol. The van der Waals surface area contributed by atoms with E-state index in [1.54, 1.807) is 0 Å². The van der Waals surface area contributed by atoms with Crippen molar-refractivity contribution in [3.05, 3.63) is 0 Å². The monoisotopic (exact) mass is 211 g/mol. The molecule has 1 aliphatic carbocycles. The summed E-state index contributed by atoms with van der Waals surface area (Å²) in [4.78, 5) is 5.31. The van der Waals surface area contributed by atoms with E-state index in [1.165, 1.54) is 0 Å². The maximum atomic E-state index is 8.94. The molecule has 0 saturated heterocycles. The third kappa shape index (κ3) is 1.36. The minimum atomic E-state index is -0.925. The Hall–Kier alpha value is -1.59. The molecule has 2 N–H and O–H groups in total. The van der Waals surface area contributed by atoms with Crippen molar-refractivity contribution in [1.29, 1.82) is 0 Å². The molecule has 0 unspecified atom stereocenters. The average Bonchev–Trinajstić information content (AvgIpc) is 2.62. The minimum Gasteiger partial charge on any atom is -0.411 e. The van der Waals surface area contributed by atoms with Gasteiger partial charge in [0.1, 0.15) is 11.4 Å². The van der Waals surface area contributed by atoms with Crippen LogP contribution in [0.25, 0.3) is 0 Å². The molecule has 1 saturated carbocycles. The first kappa shape index (κ1) is 9.95. The van der Waals surface area contributed by atoms with Crippen molar-refractivity contribution in [2.24, 2.45) is 15.5 Å². The Labute approximate surface area is 86.9 Å². The highest BCUT2D eigenvalue weighted by atomic mass is 16.7. The zero-order valence-corrected chi connectivity index (χ0v) is 8.47. The van der Waals surface area contributed by atoms with Crippen molar-refractivity contribution in [2.45, 2.75) is 38.2 Å². The molecule has 1 spiro atoms. The molecule has 0 aromatic carbocycles. The van der Waals surface area contributed by atoms with Gasteiger partial charge >= 0.3 is 0 Å². The number of oxime groups is 3. The van der Waals surface area contributed by atoms with Gasteiger partial charge in [-0.1, -0.05) is 15.5 Å². The van der Waals surface area contributed by atoms with Gasteiger partial charge in [0.05, 0.1) is 5.71 Å². The van der Waals surface area contributed by atoms with E-state index in [2.05, 4.69) is 15.5 Å². The van der Waals surface area contributed by atoms with Crippen LogP contribution >= 0.6 is 0 Å². The second-order valence-corrected chi connectivity index (χ2v) is 3.87.